The SMILES string of the molecule is CCCCn1[nH]c(CC(C)C)c(CC)c1=O. The number of aryl methyl sites for hydroxylation is 1. The van der Waals surface area contributed by atoms with E-state index in [9.17, 15) is 4.79 Å². The minimum atomic E-state index is 0.187. The van der Waals surface area contributed by atoms with Gasteiger partial charge in [0, 0.05) is 17.8 Å². The van der Waals surface area contributed by atoms with E-state index in [1.165, 1.54) is 0 Å². The zero-order chi connectivity index (χ0) is 12.1. The summed E-state index contributed by atoms with van der Waals surface area (Å²) in [5.74, 6) is 0.586. The van der Waals surface area contributed by atoms with Crippen molar-refractivity contribution in [3.05, 3.63) is 21.6 Å². The summed E-state index contributed by atoms with van der Waals surface area (Å²) in [6.07, 6.45) is 3.98. The van der Waals surface area contributed by atoms with Crippen molar-refractivity contribution in [3.63, 3.8) is 0 Å². The summed E-state index contributed by atoms with van der Waals surface area (Å²) >= 11 is 0. The van der Waals surface area contributed by atoms with Gasteiger partial charge in [0.15, 0.2) is 0 Å². The molecule has 1 rings (SSSR count). The van der Waals surface area contributed by atoms with Crippen LogP contribution in [0.15, 0.2) is 4.79 Å². The van der Waals surface area contributed by atoms with Crippen LogP contribution in [0.2, 0.25) is 0 Å². The number of rotatable bonds is 6. The number of H-pyrrole nitrogens is 1. The standard InChI is InChI=1S/C13H24N2O/c1-5-7-8-15-13(16)11(6-2)12(14-15)9-10(3)4/h10,14H,5-9H2,1-4H3. The summed E-state index contributed by atoms with van der Waals surface area (Å²) in [5, 5.41) is 3.27. The number of nitrogens with zero attached hydrogens (tertiary/aromatic N) is 1. The Kier molecular flexibility index (Phi) is 4.84. The first-order chi connectivity index (χ1) is 7.60. The second kappa shape index (κ2) is 5.92. The zero-order valence-electron chi connectivity index (χ0n) is 11.0. The Hall–Kier alpha value is -0.990. The number of aromatic nitrogens is 2. The van der Waals surface area contributed by atoms with Gasteiger partial charge in [-0.1, -0.05) is 34.1 Å². The van der Waals surface area contributed by atoms with Crippen LogP contribution in [0.3, 0.4) is 0 Å². The molecule has 0 atom stereocenters. The van der Waals surface area contributed by atoms with Crippen LogP contribution in [-0.4, -0.2) is 9.78 Å². The van der Waals surface area contributed by atoms with Gasteiger partial charge in [0.05, 0.1) is 0 Å². The summed E-state index contributed by atoms with van der Waals surface area (Å²) in [6.45, 7) is 9.38. The van der Waals surface area contributed by atoms with E-state index in [0.717, 1.165) is 43.5 Å². The Morgan fingerprint density at radius 3 is 2.50 bits per heavy atom. The molecule has 1 aromatic heterocycles. The fourth-order valence-electron chi connectivity index (χ4n) is 1.99. The van der Waals surface area contributed by atoms with Crippen molar-refractivity contribution >= 4 is 0 Å². The number of nitrogens with one attached hydrogen (secondary N) is 1. The third-order valence-electron chi connectivity index (χ3n) is 2.84. The molecule has 3 nitrogen and oxygen atoms in total. The first-order valence-corrected chi connectivity index (χ1v) is 6.40. The molecule has 0 spiro atoms. The van der Waals surface area contributed by atoms with Gasteiger partial charge >= 0.3 is 0 Å². The highest BCUT2D eigenvalue weighted by molar-refractivity contribution is 5.17. The minimum absolute atomic E-state index is 0.187. The van der Waals surface area contributed by atoms with Crippen molar-refractivity contribution in [3.8, 4) is 0 Å². The number of aromatic amines is 1. The van der Waals surface area contributed by atoms with E-state index in [1.54, 1.807) is 4.68 Å². The van der Waals surface area contributed by atoms with Crippen LogP contribution in [0.25, 0.3) is 0 Å². The quantitative estimate of drug-likeness (QED) is 0.792. The molecule has 0 amide bonds. The average Bonchev–Trinajstić information content (AvgIpc) is 2.51. The second-order valence-corrected chi connectivity index (χ2v) is 4.83. The van der Waals surface area contributed by atoms with Gasteiger partial charge in [0.1, 0.15) is 0 Å². The van der Waals surface area contributed by atoms with Crippen molar-refractivity contribution in [1.29, 1.82) is 0 Å². The van der Waals surface area contributed by atoms with Crippen molar-refractivity contribution < 1.29 is 0 Å². The molecule has 0 aliphatic carbocycles. The van der Waals surface area contributed by atoms with Gasteiger partial charge in [0.2, 0.25) is 0 Å². The normalized spacial score (nSPS) is 11.3. The molecule has 1 heterocycles. The summed E-state index contributed by atoms with van der Waals surface area (Å²) in [7, 11) is 0. The molecule has 3 heteroatoms. The molecule has 0 fully saturated rings. The maximum absolute atomic E-state index is 12.0. The Balaban J connectivity index is 2.95. The van der Waals surface area contributed by atoms with Crippen molar-refractivity contribution in [2.45, 2.75) is 59.9 Å². The Morgan fingerprint density at radius 1 is 1.31 bits per heavy atom. The average molecular weight is 224 g/mol. The molecule has 92 valence electrons. The van der Waals surface area contributed by atoms with E-state index in [1.807, 2.05) is 0 Å². The van der Waals surface area contributed by atoms with Gasteiger partial charge in [-0.2, -0.15) is 0 Å². The Bertz CT molecular complexity index is 374. The first-order valence-electron chi connectivity index (χ1n) is 6.40. The topological polar surface area (TPSA) is 37.8 Å². The van der Waals surface area contributed by atoms with Crippen molar-refractivity contribution in [2.24, 2.45) is 5.92 Å². The van der Waals surface area contributed by atoms with Gasteiger partial charge < -0.3 is 0 Å². The van der Waals surface area contributed by atoms with Crippen LogP contribution in [0, 0.1) is 5.92 Å². The molecule has 0 aliphatic rings. The minimum Gasteiger partial charge on any atom is -0.299 e. The fraction of sp³-hybridized carbons (Fsp3) is 0.769. The highest BCUT2D eigenvalue weighted by atomic mass is 16.1. The van der Waals surface area contributed by atoms with Crippen LogP contribution in [0.4, 0.5) is 0 Å². The van der Waals surface area contributed by atoms with Crippen LogP contribution >= 0.6 is 0 Å². The third-order valence-corrected chi connectivity index (χ3v) is 2.84. The summed E-state index contributed by atoms with van der Waals surface area (Å²) in [6, 6.07) is 0. The molecule has 1 N–H and O–H groups in total. The molecular formula is C13H24N2O. The molecule has 0 aliphatic heterocycles. The van der Waals surface area contributed by atoms with Gasteiger partial charge in [-0.05, 0) is 25.2 Å². The van der Waals surface area contributed by atoms with E-state index >= 15 is 0 Å². The van der Waals surface area contributed by atoms with Crippen LogP contribution < -0.4 is 5.56 Å². The highest BCUT2D eigenvalue weighted by Gasteiger charge is 2.12. The van der Waals surface area contributed by atoms with Crippen LogP contribution in [-0.2, 0) is 19.4 Å². The molecule has 0 saturated heterocycles. The van der Waals surface area contributed by atoms with Gasteiger partial charge in [-0.25, -0.2) is 0 Å². The van der Waals surface area contributed by atoms with Crippen molar-refractivity contribution in [1.82, 2.24) is 9.78 Å². The molecule has 0 unspecified atom stereocenters. The largest absolute Gasteiger partial charge is 0.299 e. The second-order valence-electron chi connectivity index (χ2n) is 4.83. The van der Waals surface area contributed by atoms with Gasteiger partial charge in [-0.3, -0.25) is 14.6 Å². The molecule has 1 aromatic rings. The monoisotopic (exact) mass is 224 g/mol. The van der Waals surface area contributed by atoms with Gasteiger partial charge in [0.25, 0.3) is 5.56 Å². The fourth-order valence-corrected chi connectivity index (χ4v) is 1.99. The van der Waals surface area contributed by atoms with E-state index < -0.39 is 0 Å². The van der Waals surface area contributed by atoms with Crippen molar-refractivity contribution in [2.75, 3.05) is 0 Å². The maximum Gasteiger partial charge on any atom is 0.269 e. The lowest BCUT2D eigenvalue weighted by atomic mass is 10.0. The van der Waals surface area contributed by atoms with Crippen LogP contribution in [0.1, 0.15) is 51.8 Å². The third kappa shape index (κ3) is 3.00. The molecular weight excluding hydrogens is 200 g/mol. The summed E-state index contributed by atoms with van der Waals surface area (Å²) in [5.41, 5.74) is 2.30. The maximum atomic E-state index is 12.0. The predicted octanol–water partition coefficient (Wildman–Crippen LogP) is 2.74. The Morgan fingerprint density at radius 2 is 2.00 bits per heavy atom. The number of unbranched alkanes of at least 4 members (excludes halogenated alkanes) is 1. The number of hydrogen-bond acceptors (Lipinski definition) is 1. The lowest BCUT2D eigenvalue weighted by molar-refractivity contribution is 0.542. The lowest BCUT2D eigenvalue weighted by Crippen LogP contribution is -2.18. The van der Waals surface area contributed by atoms with Gasteiger partial charge in [-0.15, -0.1) is 0 Å². The van der Waals surface area contributed by atoms with E-state index in [-0.39, 0.29) is 5.56 Å². The molecule has 0 aromatic carbocycles. The molecule has 0 radical (unpaired) electrons. The summed E-state index contributed by atoms with van der Waals surface area (Å²) < 4.78 is 1.78. The lowest BCUT2D eigenvalue weighted by Gasteiger charge is -2.03. The number of hydrogen-bond donors (Lipinski definition) is 1. The zero-order valence-corrected chi connectivity index (χ0v) is 11.0. The van der Waals surface area contributed by atoms with E-state index in [4.69, 9.17) is 0 Å². The molecule has 0 bridgehead atoms. The molecule has 0 saturated carbocycles. The van der Waals surface area contributed by atoms with Crippen LogP contribution in [0.5, 0.6) is 0 Å². The summed E-state index contributed by atoms with van der Waals surface area (Å²) in [4.78, 5) is 12.0. The first kappa shape index (κ1) is 13.1. The predicted molar refractivity (Wildman–Crippen MR) is 67.9 cm³/mol. The van der Waals surface area contributed by atoms with E-state index in [0.29, 0.717) is 5.92 Å². The Labute approximate surface area is 97.8 Å². The van der Waals surface area contributed by atoms with E-state index in [2.05, 4.69) is 32.8 Å². The highest BCUT2D eigenvalue weighted by Crippen LogP contribution is 2.09. The molecule has 16 heavy (non-hydrogen) atoms. The smallest absolute Gasteiger partial charge is 0.269 e.